The molecule has 150 valence electrons. The van der Waals surface area contributed by atoms with Crippen molar-refractivity contribution in [2.45, 2.75) is 26.2 Å². The molecule has 1 heterocycles. The number of para-hydroxylation sites is 1. The van der Waals surface area contributed by atoms with Crippen LogP contribution in [0.5, 0.6) is 0 Å². The van der Waals surface area contributed by atoms with Gasteiger partial charge < -0.3 is 9.84 Å². The molecule has 1 aromatic heterocycles. The van der Waals surface area contributed by atoms with Gasteiger partial charge in [-0.05, 0) is 30.5 Å². The fourth-order valence-electron chi connectivity index (χ4n) is 3.22. The van der Waals surface area contributed by atoms with Gasteiger partial charge >= 0.3 is 0 Å². The van der Waals surface area contributed by atoms with Crippen molar-refractivity contribution in [3.05, 3.63) is 101 Å². The molecule has 5 heteroatoms. The maximum Gasteiger partial charge on any atom is 0.227 e. The number of carbonyl (C=O) groups is 1. The highest BCUT2D eigenvalue weighted by molar-refractivity contribution is 5.91. The van der Waals surface area contributed by atoms with Crippen molar-refractivity contribution in [2.24, 2.45) is 0 Å². The van der Waals surface area contributed by atoms with E-state index in [4.69, 9.17) is 4.52 Å². The number of hydrogen-bond donors (Lipinski definition) is 1. The highest BCUT2D eigenvalue weighted by Gasteiger charge is 2.12. The summed E-state index contributed by atoms with van der Waals surface area (Å²) in [5, 5.41) is 7.04. The van der Waals surface area contributed by atoms with Crippen LogP contribution < -0.4 is 5.32 Å². The summed E-state index contributed by atoms with van der Waals surface area (Å²) in [7, 11) is 0. The minimum atomic E-state index is -0.0782. The summed E-state index contributed by atoms with van der Waals surface area (Å²) in [5.74, 6) is 0.919. The molecule has 0 saturated carbocycles. The lowest BCUT2D eigenvalue weighted by Crippen LogP contribution is -2.14. The topological polar surface area (TPSA) is 68.0 Å². The van der Waals surface area contributed by atoms with E-state index < -0.39 is 0 Å². The van der Waals surface area contributed by atoms with Gasteiger partial charge in [0.05, 0.1) is 0 Å². The number of anilines is 1. The van der Waals surface area contributed by atoms with Crippen molar-refractivity contribution in [1.82, 2.24) is 10.1 Å². The average Bonchev–Trinajstić information content (AvgIpc) is 3.24. The second kappa shape index (κ2) is 9.18. The Morgan fingerprint density at radius 2 is 1.67 bits per heavy atom. The standard InChI is InChI=1S/C25H23N3O2/c1-18-11-13-20(14-12-18)25-27-24(30-28-25)16-15-23(29)26-22-10-6-5-9-21(22)17-19-7-3-2-4-8-19/h2-14H,15-17H2,1H3,(H,26,29). The average molecular weight is 397 g/mol. The molecule has 1 N–H and O–H groups in total. The Bertz CT molecular complexity index is 1120. The molecular weight excluding hydrogens is 374 g/mol. The van der Waals surface area contributed by atoms with Gasteiger partial charge in [-0.15, -0.1) is 0 Å². The van der Waals surface area contributed by atoms with Gasteiger partial charge in [-0.3, -0.25) is 4.79 Å². The molecule has 0 spiro atoms. The van der Waals surface area contributed by atoms with Crippen LogP contribution in [0.25, 0.3) is 11.4 Å². The molecule has 0 saturated heterocycles. The van der Waals surface area contributed by atoms with E-state index in [1.54, 1.807) is 0 Å². The Kier molecular flexibility index (Phi) is 5.99. The van der Waals surface area contributed by atoms with E-state index in [-0.39, 0.29) is 12.3 Å². The second-order valence-electron chi connectivity index (χ2n) is 7.25. The van der Waals surface area contributed by atoms with Gasteiger partial charge in [0.25, 0.3) is 0 Å². The van der Waals surface area contributed by atoms with Crippen molar-refractivity contribution < 1.29 is 9.32 Å². The number of aromatic nitrogens is 2. The fraction of sp³-hybridized carbons (Fsp3) is 0.160. The van der Waals surface area contributed by atoms with Crippen LogP contribution >= 0.6 is 0 Å². The smallest absolute Gasteiger partial charge is 0.227 e. The maximum absolute atomic E-state index is 12.5. The number of benzene rings is 3. The van der Waals surface area contributed by atoms with Gasteiger partial charge in [0.1, 0.15) is 0 Å². The molecule has 0 atom stereocenters. The summed E-state index contributed by atoms with van der Waals surface area (Å²) in [6.45, 7) is 2.03. The van der Waals surface area contributed by atoms with Crippen molar-refractivity contribution in [1.29, 1.82) is 0 Å². The second-order valence-corrected chi connectivity index (χ2v) is 7.25. The molecular formula is C25H23N3O2. The van der Waals surface area contributed by atoms with Crippen LogP contribution in [-0.2, 0) is 17.6 Å². The van der Waals surface area contributed by atoms with Crippen molar-refractivity contribution in [3.63, 3.8) is 0 Å². The maximum atomic E-state index is 12.5. The molecule has 0 unspecified atom stereocenters. The van der Waals surface area contributed by atoms with Crippen LogP contribution in [0.15, 0.2) is 83.4 Å². The predicted octanol–water partition coefficient (Wildman–Crippen LogP) is 5.21. The van der Waals surface area contributed by atoms with Crippen molar-refractivity contribution in [3.8, 4) is 11.4 Å². The monoisotopic (exact) mass is 397 g/mol. The van der Waals surface area contributed by atoms with Gasteiger partial charge in [-0.1, -0.05) is 83.5 Å². The number of carbonyl (C=O) groups excluding carboxylic acids is 1. The third kappa shape index (κ3) is 5.00. The summed E-state index contributed by atoms with van der Waals surface area (Å²) >= 11 is 0. The summed E-state index contributed by atoms with van der Waals surface area (Å²) in [6.07, 6.45) is 1.43. The number of hydrogen-bond acceptors (Lipinski definition) is 4. The van der Waals surface area contributed by atoms with Crippen LogP contribution in [0.2, 0.25) is 0 Å². The Labute approximate surface area is 175 Å². The van der Waals surface area contributed by atoms with Crippen molar-refractivity contribution >= 4 is 11.6 Å². The van der Waals surface area contributed by atoms with Crippen LogP contribution in [0.4, 0.5) is 5.69 Å². The molecule has 0 fully saturated rings. The molecule has 30 heavy (non-hydrogen) atoms. The minimum absolute atomic E-state index is 0.0782. The quantitative estimate of drug-likeness (QED) is 0.465. The Hall–Kier alpha value is -3.73. The zero-order chi connectivity index (χ0) is 20.8. The first-order chi connectivity index (χ1) is 14.7. The first kappa shape index (κ1) is 19.6. The number of rotatable bonds is 7. The fourth-order valence-corrected chi connectivity index (χ4v) is 3.22. The van der Waals surface area contributed by atoms with Gasteiger partial charge in [0, 0.05) is 24.1 Å². The first-order valence-electron chi connectivity index (χ1n) is 9.99. The summed E-state index contributed by atoms with van der Waals surface area (Å²) in [5.41, 5.74) is 5.18. The Balaban J connectivity index is 1.36. The molecule has 4 aromatic rings. The largest absolute Gasteiger partial charge is 0.339 e. The van der Waals surface area contributed by atoms with Crippen LogP contribution in [-0.4, -0.2) is 16.0 Å². The molecule has 0 aliphatic rings. The van der Waals surface area contributed by atoms with Gasteiger partial charge in [0.15, 0.2) is 0 Å². The van der Waals surface area contributed by atoms with Crippen LogP contribution in [0.1, 0.15) is 29.0 Å². The summed E-state index contributed by atoms with van der Waals surface area (Å²) < 4.78 is 5.31. The molecule has 5 nitrogen and oxygen atoms in total. The van der Waals surface area contributed by atoms with E-state index in [0.717, 1.165) is 23.2 Å². The molecule has 1 amide bonds. The zero-order valence-electron chi connectivity index (χ0n) is 16.8. The molecule has 0 bridgehead atoms. The normalized spacial score (nSPS) is 10.7. The Morgan fingerprint density at radius 3 is 2.47 bits per heavy atom. The zero-order valence-corrected chi connectivity index (χ0v) is 16.8. The third-order valence-electron chi connectivity index (χ3n) is 4.87. The van der Waals surface area contributed by atoms with E-state index >= 15 is 0 Å². The lowest BCUT2D eigenvalue weighted by Gasteiger charge is -2.11. The van der Waals surface area contributed by atoms with Crippen LogP contribution in [0, 0.1) is 6.92 Å². The van der Waals surface area contributed by atoms with E-state index in [1.165, 1.54) is 11.1 Å². The van der Waals surface area contributed by atoms with Gasteiger partial charge in [-0.25, -0.2) is 0 Å². The molecule has 4 rings (SSSR count). The van der Waals surface area contributed by atoms with Crippen LogP contribution in [0.3, 0.4) is 0 Å². The van der Waals surface area contributed by atoms with E-state index in [0.29, 0.717) is 18.1 Å². The van der Waals surface area contributed by atoms with E-state index in [2.05, 4.69) is 27.6 Å². The van der Waals surface area contributed by atoms with Gasteiger partial charge in [0.2, 0.25) is 17.6 Å². The lowest BCUT2D eigenvalue weighted by molar-refractivity contribution is -0.116. The van der Waals surface area contributed by atoms with E-state index in [9.17, 15) is 4.79 Å². The number of aryl methyl sites for hydroxylation is 2. The predicted molar refractivity (Wildman–Crippen MR) is 117 cm³/mol. The molecule has 0 aliphatic heterocycles. The van der Waals surface area contributed by atoms with Gasteiger partial charge in [-0.2, -0.15) is 4.98 Å². The number of amides is 1. The highest BCUT2D eigenvalue weighted by Crippen LogP contribution is 2.20. The SMILES string of the molecule is Cc1ccc(-c2noc(CCC(=O)Nc3ccccc3Cc3ccccc3)n2)cc1. The lowest BCUT2D eigenvalue weighted by atomic mass is 10.0. The number of nitrogens with zero attached hydrogens (tertiary/aromatic N) is 2. The van der Waals surface area contributed by atoms with Crippen molar-refractivity contribution in [2.75, 3.05) is 5.32 Å². The summed E-state index contributed by atoms with van der Waals surface area (Å²) in [6, 6.07) is 26.0. The van der Waals surface area contributed by atoms with E-state index in [1.807, 2.05) is 73.7 Å². The summed E-state index contributed by atoms with van der Waals surface area (Å²) in [4.78, 5) is 16.9. The number of nitrogens with one attached hydrogen (secondary N) is 1. The Morgan fingerprint density at radius 1 is 0.933 bits per heavy atom. The third-order valence-corrected chi connectivity index (χ3v) is 4.87. The molecule has 0 aliphatic carbocycles. The molecule has 0 radical (unpaired) electrons. The first-order valence-corrected chi connectivity index (χ1v) is 9.99. The molecule has 3 aromatic carbocycles. The minimum Gasteiger partial charge on any atom is -0.339 e. The highest BCUT2D eigenvalue weighted by atomic mass is 16.5.